The van der Waals surface area contributed by atoms with Crippen LogP contribution in [0.4, 0.5) is 0 Å². The highest BCUT2D eigenvalue weighted by molar-refractivity contribution is 6.34. The van der Waals surface area contributed by atoms with E-state index in [9.17, 15) is 4.79 Å². The first kappa shape index (κ1) is 14.9. The molecule has 2 rings (SSSR count). The van der Waals surface area contributed by atoms with E-state index in [0.29, 0.717) is 16.5 Å². The van der Waals surface area contributed by atoms with E-state index in [1.807, 2.05) is 49.4 Å². The molecule has 2 aromatic carbocycles. The Bertz CT molecular complexity index is 599. The normalized spacial score (nSPS) is 11.9. The number of hydrogen-bond donors (Lipinski definition) is 1. The number of carbonyl (C=O) groups is 1. The first-order valence-electron chi connectivity index (χ1n) is 6.30. The number of amides is 1. The van der Waals surface area contributed by atoms with Crippen LogP contribution in [-0.2, 0) is 0 Å². The Balaban J connectivity index is 2.20. The van der Waals surface area contributed by atoms with Crippen LogP contribution < -0.4 is 5.32 Å². The Kier molecular flexibility index (Phi) is 5.05. The summed E-state index contributed by atoms with van der Waals surface area (Å²) in [5, 5.41) is 3.39. The molecule has 0 aliphatic rings. The van der Waals surface area contributed by atoms with Gasteiger partial charge in [0.15, 0.2) is 0 Å². The fourth-order valence-electron chi connectivity index (χ4n) is 1.96. The molecule has 0 aliphatic carbocycles. The fraction of sp³-hybridized carbons (Fsp3) is 0.188. The average Bonchev–Trinajstić information content (AvgIpc) is 2.48. The van der Waals surface area contributed by atoms with Gasteiger partial charge in [0, 0.05) is 5.88 Å². The van der Waals surface area contributed by atoms with Crippen molar-refractivity contribution in [3.05, 3.63) is 70.2 Å². The number of aryl methyl sites for hydroxylation is 1. The van der Waals surface area contributed by atoms with Crippen molar-refractivity contribution in [2.75, 3.05) is 5.88 Å². The molecule has 0 radical (unpaired) electrons. The molecule has 1 N–H and O–H groups in total. The van der Waals surface area contributed by atoms with E-state index in [2.05, 4.69) is 5.32 Å². The molecule has 0 spiro atoms. The second-order valence-electron chi connectivity index (χ2n) is 4.53. The summed E-state index contributed by atoms with van der Waals surface area (Å²) in [4.78, 5) is 12.3. The largest absolute Gasteiger partial charge is 0.344 e. The van der Waals surface area contributed by atoms with E-state index in [1.54, 1.807) is 6.07 Å². The lowest BCUT2D eigenvalue weighted by Crippen LogP contribution is -2.29. The molecule has 1 atom stereocenters. The number of hydrogen-bond acceptors (Lipinski definition) is 1. The van der Waals surface area contributed by atoms with Crippen LogP contribution in [0.5, 0.6) is 0 Å². The highest BCUT2D eigenvalue weighted by Crippen LogP contribution is 2.22. The molecule has 0 bridgehead atoms. The number of carbonyl (C=O) groups excluding carboxylic acids is 1. The summed E-state index contributed by atoms with van der Waals surface area (Å²) >= 11 is 12.1. The zero-order valence-corrected chi connectivity index (χ0v) is 12.6. The van der Waals surface area contributed by atoms with Gasteiger partial charge in [0.1, 0.15) is 0 Å². The van der Waals surface area contributed by atoms with Crippen LogP contribution in [0, 0.1) is 6.92 Å². The predicted octanol–water partition coefficient (Wildman–Crippen LogP) is 4.36. The number of halogens is 2. The van der Waals surface area contributed by atoms with Crippen molar-refractivity contribution >= 4 is 29.1 Å². The Morgan fingerprint density at radius 2 is 1.85 bits per heavy atom. The maximum atomic E-state index is 12.3. The van der Waals surface area contributed by atoms with Gasteiger partial charge in [-0.1, -0.05) is 54.1 Å². The van der Waals surface area contributed by atoms with E-state index < -0.39 is 0 Å². The maximum Gasteiger partial charge on any atom is 0.253 e. The van der Waals surface area contributed by atoms with Crippen LogP contribution in [0.2, 0.25) is 5.02 Å². The Labute approximate surface area is 128 Å². The van der Waals surface area contributed by atoms with Crippen molar-refractivity contribution in [2.45, 2.75) is 13.0 Å². The molecule has 0 aliphatic heterocycles. The van der Waals surface area contributed by atoms with Crippen molar-refractivity contribution in [3.8, 4) is 0 Å². The van der Waals surface area contributed by atoms with Crippen LogP contribution in [0.1, 0.15) is 27.5 Å². The smallest absolute Gasteiger partial charge is 0.253 e. The summed E-state index contributed by atoms with van der Waals surface area (Å²) in [5.41, 5.74) is 2.32. The highest BCUT2D eigenvalue weighted by Gasteiger charge is 2.17. The second kappa shape index (κ2) is 6.78. The van der Waals surface area contributed by atoms with Gasteiger partial charge in [-0.05, 0) is 24.1 Å². The molecule has 2 aromatic rings. The SMILES string of the molecule is Cc1cccc(C(=O)NC(CCl)c2ccccc2)c1Cl. The van der Waals surface area contributed by atoms with Crippen molar-refractivity contribution in [1.29, 1.82) is 0 Å². The topological polar surface area (TPSA) is 29.1 Å². The van der Waals surface area contributed by atoms with Gasteiger partial charge >= 0.3 is 0 Å². The quantitative estimate of drug-likeness (QED) is 0.836. The first-order chi connectivity index (χ1) is 9.63. The number of alkyl halides is 1. The molecular weight excluding hydrogens is 293 g/mol. The lowest BCUT2D eigenvalue weighted by molar-refractivity contribution is 0.0940. The molecule has 0 saturated heterocycles. The molecular formula is C16H15Cl2NO. The predicted molar refractivity (Wildman–Crippen MR) is 83.6 cm³/mol. The van der Waals surface area contributed by atoms with Crippen LogP contribution in [0.25, 0.3) is 0 Å². The molecule has 20 heavy (non-hydrogen) atoms. The van der Waals surface area contributed by atoms with Crippen molar-refractivity contribution in [3.63, 3.8) is 0 Å². The van der Waals surface area contributed by atoms with Gasteiger partial charge in [-0.3, -0.25) is 4.79 Å². The summed E-state index contributed by atoms with van der Waals surface area (Å²) < 4.78 is 0. The fourth-order valence-corrected chi connectivity index (χ4v) is 2.42. The molecule has 0 fully saturated rings. The van der Waals surface area contributed by atoms with Gasteiger partial charge in [0.25, 0.3) is 5.91 Å². The maximum absolute atomic E-state index is 12.3. The van der Waals surface area contributed by atoms with E-state index in [0.717, 1.165) is 11.1 Å². The first-order valence-corrected chi connectivity index (χ1v) is 7.21. The molecule has 1 amide bonds. The molecule has 0 heterocycles. The third-order valence-corrected chi connectivity index (χ3v) is 3.91. The lowest BCUT2D eigenvalue weighted by atomic mass is 10.1. The van der Waals surface area contributed by atoms with Gasteiger partial charge < -0.3 is 5.32 Å². The second-order valence-corrected chi connectivity index (χ2v) is 5.21. The number of nitrogens with one attached hydrogen (secondary N) is 1. The highest BCUT2D eigenvalue weighted by atomic mass is 35.5. The van der Waals surface area contributed by atoms with E-state index in [4.69, 9.17) is 23.2 Å². The molecule has 0 aromatic heterocycles. The molecule has 1 unspecified atom stereocenters. The summed E-state index contributed by atoms with van der Waals surface area (Å²) in [7, 11) is 0. The summed E-state index contributed by atoms with van der Waals surface area (Å²) in [6.07, 6.45) is 0. The van der Waals surface area contributed by atoms with Gasteiger partial charge in [-0.25, -0.2) is 0 Å². The molecule has 2 nitrogen and oxygen atoms in total. The molecule has 4 heteroatoms. The monoisotopic (exact) mass is 307 g/mol. The zero-order chi connectivity index (χ0) is 14.5. The van der Waals surface area contributed by atoms with Crippen molar-refractivity contribution < 1.29 is 4.79 Å². The van der Waals surface area contributed by atoms with Gasteiger partial charge in [-0.15, -0.1) is 11.6 Å². The summed E-state index contributed by atoms with van der Waals surface area (Å²) in [6.45, 7) is 1.87. The Hall–Kier alpha value is -1.51. The Morgan fingerprint density at radius 3 is 2.50 bits per heavy atom. The minimum Gasteiger partial charge on any atom is -0.344 e. The van der Waals surface area contributed by atoms with Crippen LogP contribution in [-0.4, -0.2) is 11.8 Å². The third-order valence-electron chi connectivity index (χ3n) is 3.10. The Morgan fingerprint density at radius 1 is 1.15 bits per heavy atom. The molecule has 104 valence electrons. The summed E-state index contributed by atoms with van der Waals surface area (Å²) in [5.74, 6) is 0.0901. The van der Waals surface area contributed by atoms with Gasteiger partial charge in [0.2, 0.25) is 0 Å². The standard InChI is InChI=1S/C16H15Cl2NO/c1-11-6-5-9-13(15(11)18)16(20)19-14(10-17)12-7-3-2-4-8-12/h2-9,14H,10H2,1H3,(H,19,20). The van der Waals surface area contributed by atoms with Crippen LogP contribution in [0.3, 0.4) is 0 Å². The summed E-state index contributed by atoms with van der Waals surface area (Å²) in [6, 6.07) is 14.8. The van der Waals surface area contributed by atoms with Crippen molar-refractivity contribution in [2.24, 2.45) is 0 Å². The lowest BCUT2D eigenvalue weighted by Gasteiger charge is -2.17. The van der Waals surface area contributed by atoms with Crippen LogP contribution >= 0.6 is 23.2 Å². The van der Waals surface area contributed by atoms with E-state index in [-0.39, 0.29) is 11.9 Å². The van der Waals surface area contributed by atoms with Crippen LogP contribution in [0.15, 0.2) is 48.5 Å². The van der Waals surface area contributed by atoms with E-state index >= 15 is 0 Å². The minimum atomic E-state index is -0.234. The van der Waals surface area contributed by atoms with E-state index in [1.165, 1.54) is 0 Å². The minimum absolute atomic E-state index is 0.215. The molecule has 0 saturated carbocycles. The van der Waals surface area contributed by atoms with Crippen molar-refractivity contribution in [1.82, 2.24) is 5.32 Å². The van der Waals surface area contributed by atoms with Gasteiger partial charge in [0.05, 0.1) is 16.6 Å². The third kappa shape index (κ3) is 3.33. The zero-order valence-electron chi connectivity index (χ0n) is 11.1. The number of rotatable bonds is 4. The number of benzene rings is 2. The average molecular weight is 308 g/mol. The van der Waals surface area contributed by atoms with Gasteiger partial charge in [-0.2, -0.15) is 0 Å².